The molecule has 0 unspecified atom stereocenters. The number of anilines is 1. The molecule has 3 nitrogen and oxygen atoms in total. The number of rotatable bonds is 4. The number of hydrogen-bond acceptors (Lipinski definition) is 2. The lowest BCUT2D eigenvalue weighted by molar-refractivity contribution is -0.111. The largest absolute Gasteiger partial charge is 0.496 e. The highest BCUT2D eigenvalue weighted by Gasteiger charge is 2.02. The minimum absolute atomic E-state index is 0.273. The quantitative estimate of drug-likeness (QED) is 0.696. The van der Waals surface area contributed by atoms with Gasteiger partial charge in [-0.15, -0.1) is 0 Å². The van der Waals surface area contributed by atoms with Crippen molar-refractivity contribution in [1.29, 1.82) is 0 Å². The molecule has 0 aliphatic heterocycles. The molecule has 0 radical (unpaired) electrons. The molecule has 1 amide bonds. The molecule has 0 aliphatic carbocycles. The van der Waals surface area contributed by atoms with Gasteiger partial charge in [-0.3, -0.25) is 4.79 Å². The fourth-order valence-corrected chi connectivity index (χ4v) is 2.85. The third-order valence-corrected chi connectivity index (χ3v) is 3.79. The third-order valence-electron chi connectivity index (χ3n) is 2.73. The zero-order valence-corrected chi connectivity index (χ0v) is 14.7. The Morgan fingerprint density at radius 2 is 1.86 bits per heavy atom. The van der Waals surface area contributed by atoms with Crippen molar-refractivity contribution in [2.75, 3.05) is 12.4 Å². The molecule has 22 heavy (non-hydrogen) atoms. The molecule has 1 N–H and O–H groups in total. The van der Waals surface area contributed by atoms with Gasteiger partial charge in [-0.1, -0.05) is 29.3 Å². The van der Waals surface area contributed by atoms with Gasteiger partial charge in [-0.2, -0.15) is 0 Å². The highest BCUT2D eigenvalue weighted by molar-refractivity contribution is 9.10. The Labute approximate surface area is 147 Å². The van der Waals surface area contributed by atoms with Crippen molar-refractivity contribution >= 4 is 56.8 Å². The summed E-state index contributed by atoms with van der Waals surface area (Å²) in [6.07, 6.45) is 3.13. The Morgan fingerprint density at radius 3 is 2.45 bits per heavy atom. The van der Waals surface area contributed by atoms with Crippen molar-refractivity contribution < 1.29 is 9.53 Å². The lowest BCUT2D eigenvalue weighted by atomic mass is 10.2. The maximum atomic E-state index is 11.9. The number of nitrogens with one attached hydrogen (secondary N) is 1. The summed E-state index contributed by atoms with van der Waals surface area (Å²) < 4.78 is 5.97. The second kappa shape index (κ2) is 7.68. The smallest absolute Gasteiger partial charge is 0.248 e. The zero-order chi connectivity index (χ0) is 16.1. The average Bonchev–Trinajstić information content (AvgIpc) is 2.44. The van der Waals surface area contributed by atoms with Gasteiger partial charge in [0.1, 0.15) is 5.75 Å². The van der Waals surface area contributed by atoms with Gasteiger partial charge in [0.2, 0.25) is 5.91 Å². The van der Waals surface area contributed by atoms with Crippen LogP contribution in [0.3, 0.4) is 0 Å². The van der Waals surface area contributed by atoms with E-state index in [0.717, 1.165) is 15.8 Å². The lowest BCUT2D eigenvalue weighted by Gasteiger charge is -2.04. The molecule has 0 aliphatic rings. The molecule has 0 bridgehead atoms. The molecule has 6 heteroatoms. The number of amides is 1. The summed E-state index contributed by atoms with van der Waals surface area (Å²) in [7, 11) is 1.60. The first-order valence-corrected chi connectivity index (χ1v) is 7.81. The fraction of sp³-hybridized carbons (Fsp3) is 0.0625. The van der Waals surface area contributed by atoms with Crippen LogP contribution in [0.15, 0.2) is 46.9 Å². The summed E-state index contributed by atoms with van der Waals surface area (Å²) in [4.78, 5) is 11.9. The number of carbonyl (C=O) groups excluding carboxylic acids is 1. The van der Waals surface area contributed by atoms with Gasteiger partial charge < -0.3 is 10.1 Å². The highest BCUT2D eigenvalue weighted by Crippen LogP contribution is 2.26. The predicted octanol–water partition coefficient (Wildman–Crippen LogP) is 5.42. The Hall–Kier alpha value is -1.49. The first-order valence-electron chi connectivity index (χ1n) is 6.26. The molecule has 2 aromatic rings. The monoisotopic (exact) mass is 399 g/mol. The summed E-state index contributed by atoms with van der Waals surface area (Å²) in [5.41, 5.74) is 1.41. The molecule has 2 rings (SSSR count). The Kier molecular flexibility index (Phi) is 5.89. The van der Waals surface area contributed by atoms with Gasteiger partial charge in [0, 0.05) is 21.8 Å². The second-order valence-corrected chi connectivity index (χ2v) is 6.10. The third kappa shape index (κ3) is 4.77. The van der Waals surface area contributed by atoms with Crippen LogP contribution < -0.4 is 10.1 Å². The molecule has 0 heterocycles. The van der Waals surface area contributed by atoms with Crippen molar-refractivity contribution in [1.82, 2.24) is 0 Å². The molecule has 0 spiro atoms. The minimum atomic E-state index is -0.273. The van der Waals surface area contributed by atoms with Crippen LogP contribution >= 0.6 is 39.1 Å². The van der Waals surface area contributed by atoms with E-state index in [2.05, 4.69) is 21.2 Å². The molecular weight excluding hydrogens is 389 g/mol. The van der Waals surface area contributed by atoms with Crippen LogP contribution in [0.5, 0.6) is 5.75 Å². The van der Waals surface area contributed by atoms with Crippen LogP contribution in [0.4, 0.5) is 5.69 Å². The van der Waals surface area contributed by atoms with E-state index in [9.17, 15) is 4.79 Å². The van der Waals surface area contributed by atoms with Gasteiger partial charge in [0.15, 0.2) is 0 Å². The SMILES string of the molecule is COc1ccc(C=CC(=O)Nc2cc(Cl)cc(Cl)c2)cc1Br. The molecule has 0 atom stereocenters. The van der Waals surface area contributed by atoms with E-state index in [1.54, 1.807) is 31.4 Å². The van der Waals surface area contributed by atoms with Crippen molar-refractivity contribution in [3.8, 4) is 5.75 Å². The summed E-state index contributed by atoms with van der Waals surface area (Å²) in [6, 6.07) is 10.4. The van der Waals surface area contributed by atoms with Gasteiger partial charge in [-0.05, 0) is 57.9 Å². The standard InChI is InChI=1S/C16H12BrCl2NO2/c1-22-15-4-2-10(6-14(15)17)3-5-16(21)20-13-8-11(18)7-12(19)9-13/h2-9H,1H3,(H,20,21). The van der Waals surface area contributed by atoms with Crippen molar-refractivity contribution in [2.24, 2.45) is 0 Å². The summed E-state index contributed by atoms with van der Waals surface area (Å²) in [5, 5.41) is 3.63. The number of halogens is 3. The second-order valence-electron chi connectivity index (χ2n) is 4.37. The van der Waals surface area contributed by atoms with Crippen molar-refractivity contribution in [3.05, 3.63) is 62.6 Å². The molecule has 2 aromatic carbocycles. The van der Waals surface area contributed by atoms with Gasteiger partial charge >= 0.3 is 0 Å². The Bertz CT molecular complexity index is 712. The first kappa shape index (κ1) is 16.9. The predicted molar refractivity (Wildman–Crippen MR) is 94.8 cm³/mol. The summed E-state index contributed by atoms with van der Waals surface area (Å²) >= 11 is 15.2. The maximum Gasteiger partial charge on any atom is 0.248 e. The first-order chi connectivity index (χ1) is 10.5. The van der Waals surface area contributed by atoms with Gasteiger partial charge in [0.05, 0.1) is 11.6 Å². The highest BCUT2D eigenvalue weighted by atomic mass is 79.9. The Balaban J connectivity index is 2.06. The van der Waals surface area contributed by atoms with E-state index in [1.807, 2.05) is 18.2 Å². The lowest BCUT2D eigenvalue weighted by Crippen LogP contribution is -2.07. The van der Waals surface area contributed by atoms with Crippen LogP contribution in [-0.4, -0.2) is 13.0 Å². The summed E-state index contributed by atoms with van der Waals surface area (Å²) in [6.45, 7) is 0. The number of carbonyl (C=O) groups is 1. The number of hydrogen-bond donors (Lipinski definition) is 1. The molecular formula is C16H12BrCl2NO2. The van der Waals surface area contributed by atoms with Crippen LogP contribution in [0, 0.1) is 0 Å². The van der Waals surface area contributed by atoms with Crippen LogP contribution in [0.2, 0.25) is 10.0 Å². The maximum absolute atomic E-state index is 11.9. The number of benzene rings is 2. The van der Waals surface area contributed by atoms with Gasteiger partial charge in [-0.25, -0.2) is 0 Å². The van der Waals surface area contributed by atoms with Crippen molar-refractivity contribution in [2.45, 2.75) is 0 Å². The van der Waals surface area contributed by atoms with Crippen LogP contribution in [-0.2, 0) is 4.79 Å². The molecule has 0 saturated heterocycles. The van der Waals surface area contributed by atoms with E-state index in [-0.39, 0.29) is 5.91 Å². The van der Waals surface area contributed by atoms with E-state index >= 15 is 0 Å². The van der Waals surface area contributed by atoms with Crippen molar-refractivity contribution in [3.63, 3.8) is 0 Å². The van der Waals surface area contributed by atoms with Crippen LogP contribution in [0.1, 0.15) is 5.56 Å². The molecule has 0 saturated carbocycles. The van der Waals surface area contributed by atoms with Crippen LogP contribution in [0.25, 0.3) is 6.08 Å². The zero-order valence-electron chi connectivity index (χ0n) is 11.6. The van der Waals surface area contributed by atoms with E-state index in [4.69, 9.17) is 27.9 Å². The molecule has 0 aromatic heterocycles. The topological polar surface area (TPSA) is 38.3 Å². The van der Waals surface area contributed by atoms with E-state index in [0.29, 0.717) is 15.7 Å². The average molecular weight is 401 g/mol. The normalized spacial score (nSPS) is 10.7. The van der Waals surface area contributed by atoms with E-state index in [1.165, 1.54) is 6.08 Å². The summed E-state index contributed by atoms with van der Waals surface area (Å²) in [5.74, 6) is 0.459. The minimum Gasteiger partial charge on any atom is -0.496 e. The van der Waals surface area contributed by atoms with Gasteiger partial charge in [0.25, 0.3) is 0 Å². The number of methoxy groups -OCH3 is 1. The Morgan fingerprint density at radius 1 is 1.18 bits per heavy atom. The molecule has 0 fully saturated rings. The van der Waals surface area contributed by atoms with E-state index < -0.39 is 0 Å². The fourth-order valence-electron chi connectivity index (χ4n) is 1.77. The number of ether oxygens (including phenoxy) is 1. The molecule has 114 valence electrons.